The van der Waals surface area contributed by atoms with Gasteiger partial charge in [0.15, 0.2) is 6.10 Å². The van der Waals surface area contributed by atoms with Crippen LogP contribution < -0.4 is 5.32 Å². The van der Waals surface area contributed by atoms with Gasteiger partial charge in [-0.1, -0.05) is 36.4 Å². The zero-order valence-corrected chi connectivity index (χ0v) is 12.2. The van der Waals surface area contributed by atoms with Gasteiger partial charge in [0, 0.05) is 18.7 Å². The topological polar surface area (TPSA) is 51.2 Å². The van der Waals surface area contributed by atoms with E-state index in [-0.39, 0.29) is 5.91 Å². The van der Waals surface area contributed by atoms with Crippen LogP contribution in [-0.4, -0.2) is 18.0 Å². The van der Waals surface area contributed by atoms with Crippen molar-refractivity contribution in [3.63, 3.8) is 0 Å². The molecule has 0 bridgehead atoms. The van der Waals surface area contributed by atoms with E-state index in [0.29, 0.717) is 0 Å². The van der Waals surface area contributed by atoms with E-state index >= 15 is 0 Å². The quantitative estimate of drug-likeness (QED) is 0.800. The molecule has 1 N–H and O–H groups in total. The molecule has 22 heavy (non-hydrogen) atoms. The van der Waals surface area contributed by atoms with Crippen LogP contribution in [-0.2, 0) is 9.53 Å². The van der Waals surface area contributed by atoms with E-state index in [9.17, 15) is 4.79 Å². The lowest BCUT2D eigenvalue weighted by molar-refractivity contribution is -0.126. The summed E-state index contributed by atoms with van der Waals surface area (Å²) in [5, 5.41) is 3.83. The third kappa shape index (κ3) is 2.82. The predicted octanol–water partition coefficient (Wildman–Crippen LogP) is 3.56. The van der Waals surface area contributed by atoms with Crippen molar-refractivity contribution in [3.8, 4) is 0 Å². The molecule has 1 atom stereocenters. The van der Waals surface area contributed by atoms with Crippen molar-refractivity contribution in [2.45, 2.75) is 6.10 Å². The van der Waals surface area contributed by atoms with Crippen molar-refractivity contribution >= 4 is 22.5 Å². The Hall–Kier alpha value is -2.72. The number of pyridine rings is 1. The number of hydrogen-bond donors (Lipinski definition) is 1. The van der Waals surface area contributed by atoms with Crippen LogP contribution in [0.15, 0.2) is 66.9 Å². The molecule has 1 unspecified atom stereocenters. The number of fused-ring (bicyclic) bond motifs is 1. The standard InChI is InChI=1S/C18H16N2O2/c1-22-17(13-7-3-2-4-8-13)18(21)20-16-11-5-10-15-14(16)9-6-12-19-15/h2-12,17H,1H3,(H,20,21). The number of benzene rings is 2. The van der Waals surface area contributed by atoms with Crippen molar-refractivity contribution in [3.05, 3.63) is 72.4 Å². The van der Waals surface area contributed by atoms with E-state index in [4.69, 9.17) is 4.74 Å². The van der Waals surface area contributed by atoms with Gasteiger partial charge < -0.3 is 10.1 Å². The number of rotatable bonds is 4. The molecule has 2 aromatic carbocycles. The lowest BCUT2D eigenvalue weighted by Crippen LogP contribution is -2.22. The van der Waals surface area contributed by atoms with Gasteiger partial charge in [-0.2, -0.15) is 0 Å². The molecule has 0 saturated heterocycles. The number of carbonyl (C=O) groups is 1. The minimum absolute atomic E-state index is 0.204. The summed E-state index contributed by atoms with van der Waals surface area (Å²) in [6.45, 7) is 0. The lowest BCUT2D eigenvalue weighted by atomic mass is 10.1. The van der Waals surface area contributed by atoms with Crippen molar-refractivity contribution < 1.29 is 9.53 Å². The Morgan fingerprint density at radius 3 is 2.64 bits per heavy atom. The molecule has 1 aromatic heterocycles. The number of anilines is 1. The van der Waals surface area contributed by atoms with E-state index in [1.54, 1.807) is 6.20 Å². The van der Waals surface area contributed by atoms with Crippen molar-refractivity contribution in [2.75, 3.05) is 12.4 Å². The minimum atomic E-state index is -0.645. The normalized spacial score (nSPS) is 12.0. The molecule has 0 fully saturated rings. The number of nitrogens with one attached hydrogen (secondary N) is 1. The first-order valence-electron chi connectivity index (χ1n) is 7.02. The van der Waals surface area contributed by atoms with E-state index in [1.165, 1.54) is 7.11 Å². The van der Waals surface area contributed by atoms with Crippen LogP contribution in [0.1, 0.15) is 11.7 Å². The van der Waals surface area contributed by atoms with Crippen LogP contribution in [0.2, 0.25) is 0 Å². The smallest absolute Gasteiger partial charge is 0.258 e. The molecule has 0 aliphatic rings. The third-order valence-electron chi connectivity index (χ3n) is 3.48. The molecule has 0 spiro atoms. The van der Waals surface area contributed by atoms with Gasteiger partial charge >= 0.3 is 0 Å². The van der Waals surface area contributed by atoms with Gasteiger partial charge in [-0.3, -0.25) is 9.78 Å². The van der Waals surface area contributed by atoms with Crippen LogP contribution >= 0.6 is 0 Å². The summed E-state index contributed by atoms with van der Waals surface area (Å²) in [6.07, 6.45) is 1.09. The largest absolute Gasteiger partial charge is 0.367 e. The van der Waals surface area contributed by atoms with Gasteiger partial charge in [0.25, 0.3) is 5.91 Å². The summed E-state index contributed by atoms with van der Waals surface area (Å²) in [5.74, 6) is -0.204. The zero-order chi connectivity index (χ0) is 15.4. The van der Waals surface area contributed by atoms with Crippen LogP contribution in [0.25, 0.3) is 10.9 Å². The van der Waals surface area contributed by atoms with Crippen LogP contribution in [0.4, 0.5) is 5.69 Å². The summed E-state index contributed by atoms with van der Waals surface area (Å²) in [6, 6.07) is 18.9. The second kappa shape index (κ2) is 6.37. The molecule has 0 aliphatic heterocycles. The number of carbonyl (C=O) groups excluding carboxylic acids is 1. The molecule has 0 aliphatic carbocycles. The highest BCUT2D eigenvalue weighted by Crippen LogP contribution is 2.24. The molecule has 0 radical (unpaired) electrons. The maximum Gasteiger partial charge on any atom is 0.258 e. The average molecular weight is 292 g/mol. The second-order valence-corrected chi connectivity index (χ2v) is 4.89. The fraction of sp³-hybridized carbons (Fsp3) is 0.111. The maximum atomic E-state index is 12.5. The summed E-state index contributed by atoms with van der Waals surface area (Å²) in [7, 11) is 1.53. The van der Waals surface area contributed by atoms with Crippen LogP contribution in [0.3, 0.4) is 0 Å². The SMILES string of the molecule is COC(C(=O)Nc1cccc2ncccc12)c1ccccc1. The molecular weight excluding hydrogens is 276 g/mol. The van der Waals surface area contributed by atoms with E-state index in [1.807, 2.05) is 60.7 Å². The van der Waals surface area contributed by atoms with Crippen LogP contribution in [0.5, 0.6) is 0 Å². The average Bonchev–Trinajstić information content (AvgIpc) is 2.57. The highest BCUT2D eigenvalue weighted by atomic mass is 16.5. The van der Waals surface area contributed by atoms with Gasteiger partial charge in [-0.05, 0) is 29.8 Å². The first-order valence-corrected chi connectivity index (χ1v) is 7.02. The Balaban J connectivity index is 1.89. The van der Waals surface area contributed by atoms with Gasteiger partial charge in [-0.25, -0.2) is 0 Å². The second-order valence-electron chi connectivity index (χ2n) is 4.89. The maximum absolute atomic E-state index is 12.5. The zero-order valence-electron chi connectivity index (χ0n) is 12.2. The number of amides is 1. The van der Waals surface area contributed by atoms with Gasteiger partial charge in [-0.15, -0.1) is 0 Å². The fourth-order valence-electron chi connectivity index (χ4n) is 2.43. The molecule has 3 aromatic rings. The number of ether oxygens (including phenoxy) is 1. The van der Waals surface area contributed by atoms with Gasteiger partial charge in [0.2, 0.25) is 0 Å². The molecule has 0 saturated carbocycles. The molecule has 1 amide bonds. The summed E-state index contributed by atoms with van der Waals surface area (Å²) in [4.78, 5) is 16.8. The Morgan fingerprint density at radius 2 is 1.86 bits per heavy atom. The minimum Gasteiger partial charge on any atom is -0.367 e. The van der Waals surface area contributed by atoms with E-state index in [0.717, 1.165) is 22.2 Å². The van der Waals surface area contributed by atoms with Crippen molar-refractivity contribution in [1.29, 1.82) is 0 Å². The Kier molecular flexibility index (Phi) is 4.12. The van der Waals surface area contributed by atoms with Crippen LogP contribution in [0, 0.1) is 0 Å². The lowest BCUT2D eigenvalue weighted by Gasteiger charge is -2.16. The number of aromatic nitrogens is 1. The Labute approximate surface area is 128 Å². The Bertz CT molecular complexity index is 782. The predicted molar refractivity (Wildman–Crippen MR) is 86.6 cm³/mol. The highest BCUT2D eigenvalue weighted by Gasteiger charge is 2.20. The molecule has 3 rings (SSSR count). The van der Waals surface area contributed by atoms with E-state index < -0.39 is 6.10 Å². The van der Waals surface area contributed by atoms with E-state index in [2.05, 4.69) is 10.3 Å². The summed E-state index contributed by atoms with van der Waals surface area (Å²) < 4.78 is 5.35. The molecule has 4 heteroatoms. The monoisotopic (exact) mass is 292 g/mol. The number of nitrogens with zero attached hydrogens (tertiary/aromatic N) is 1. The molecule has 4 nitrogen and oxygen atoms in total. The molecular formula is C18H16N2O2. The van der Waals surface area contributed by atoms with Gasteiger partial charge in [0.1, 0.15) is 0 Å². The first kappa shape index (κ1) is 14.2. The third-order valence-corrected chi connectivity index (χ3v) is 3.48. The Morgan fingerprint density at radius 1 is 1.05 bits per heavy atom. The fourth-order valence-corrected chi connectivity index (χ4v) is 2.43. The molecule has 1 heterocycles. The van der Waals surface area contributed by atoms with Gasteiger partial charge in [0.05, 0.1) is 11.2 Å². The van der Waals surface area contributed by atoms with Crippen molar-refractivity contribution in [2.24, 2.45) is 0 Å². The van der Waals surface area contributed by atoms with Crippen molar-refractivity contribution in [1.82, 2.24) is 4.98 Å². The first-order chi connectivity index (χ1) is 10.8. The number of methoxy groups -OCH3 is 1. The highest BCUT2D eigenvalue weighted by molar-refractivity contribution is 6.02. The number of hydrogen-bond acceptors (Lipinski definition) is 3. The summed E-state index contributed by atoms with van der Waals surface area (Å²) >= 11 is 0. The molecule has 110 valence electrons. The summed E-state index contributed by atoms with van der Waals surface area (Å²) in [5.41, 5.74) is 2.39.